The average Bonchev–Trinajstić information content (AvgIpc) is 2.73. The van der Waals surface area contributed by atoms with Gasteiger partial charge >= 0.3 is 0 Å². The molecule has 2 aromatic rings. The Hall–Kier alpha value is -1.77. The Morgan fingerprint density at radius 2 is 1.89 bits per heavy atom. The lowest BCUT2D eigenvalue weighted by atomic mass is 10.0. The van der Waals surface area contributed by atoms with E-state index in [0.29, 0.717) is 5.92 Å². The summed E-state index contributed by atoms with van der Waals surface area (Å²) in [6.07, 6.45) is 2.27. The number of oxazole rings is 1. The molecule has 2 rings (SSSR count). The molecule has 1 aromatic heterocycles. The first kappa shape index (κ1) is 12.7. The molecule has 0 atom stereocenters. The second-order valence-electron chi connectivity index (χ2n) is 4.87. The normalized spacial score (nSPS) is 11.1. The average molecular weight is 244 g/mol. The van der Waals surface area contributed by atoms with Gasteiger partial charge in [-0.25, -0.2) is 0 Å². The van der Waals surface area contributed by atoms with Crippen molar-refractivity contribution in [3.8, 4) is 11.3 Å². The summed E-state index contributed by atoms with van der Waals surface area (Å²) in [5.74, 6) is 1.10. The number of aromatic nitrogens is 1. The van der Waals surface area contributed by atoms with Gasteiger partial charge in [0.15, 0.2) is 5.76 Å². The van der Waals surface area contributed by atoms with Gasteiger partial charge in [-0.1, -0.05) is 51.5 Å². The van der Waals surface area contributed by atoms with E-state index in [9.17, 15) is 0 Å². The molecule has 0 amide bonds. The third-order valence-electron chi connectivity index (χ3n) is 2.97. The molecule has 1 heterocycles. The number of benzene rings is 1. The van der Waals surface area contributed by atoms with Crippen LogP contribution in [0.15, 0.2) is 28.7 Å². The minimum Gasteiger partial charge on any atom is -0.423 e. The maximum Gasteiger partial charge on any atom is 0.292 e. The highest BCUT2D eigenvalue weighted by molar-refractivity contribution is 5.62. The molecule has 0 spiro atoms. The molecule has 3 nitrogen and oxygen atoms in total. The van der Waals surface area contributed by atoms with Crippen molar-refractivity contribution < 1.29 is 4.42 Å². The van der Waals surface area contributed by atoms with E-state index in [1.807, 2.05) is 0 Å². The number of nitrogens with two attached hydrogens (primary N) is 1. The van der Waals surface area contributed by atoms with Crippen LogP contribution in [0.3, 0.4) is 0 Å². The minimum absolute atomic E-state index is 0.242. The number of hydrogen-bond donors (Lipinski definition) is 1. The molecule has 3 heteroatoms. The lowest BCUT2D eigenvalue weighted by molar-refractivity contribution is 0.592. The van der Waals surface area contributed by atoms with E-state index < -0.39 is 0 Å². The summed E-state index contributed by atoms with van der Waals surface area (Å²) in [6.45, 7) is 6.36. The van der Waals surface area contributed by atoms with Crippen molar-refractivity contribution in [1.29, 1.82) is 0 Å². The first-order valence-corrected chi connectivity index (χ1v) is 6.47. The molecule has 0 bridgehead atoms. The molecule has 96 valence electrons. The summed E-state index contributed by atoms with van der Waals surface area (Å²) in [5.41, 5.74) is 8.97. The zero-order chi connectivity index (χ0) is 13.1. The summed E-state index contributed by atoms with van der Waals surface area (Å²) >= 11 is 0. The topological polar surface area (TPSA) is 52.0 Å². The van der Waals surface area contributed by atoms with Crippen molar-refractivity contribution in [2.24, 2.45) is 0 Å². The van der Waals surface area contributed by atoms with Gasteiger partial charge < -0.3 is 10.2 Å². The van der Waals surface area contributed by atoms with Crippen molar-refractivity contribution in [2.75, 3.05) is 5.73 Å². The molecule has 0 aliphatic carbocycles. The van der Waals surface area contributed by atoms with Crippen molar-refractivity contribution in [3.63, 3.8) is 0 Å². The van der Waals surface area contributed by atoms with Crippen LogP contribution in [0.4, 0.5) is 6.01 Å². The summed E-state index contributed by atoms with van der Waals surface area (Å²) in [7, 11) is 0. The molecule has 0 aliphatic heterocycles. The molecular weight excluding hydrogens is 224 g/mol. The largest absolute Gasteiger partial charge is 0.423 e. The highest BCUT2D eigenvalue weighted by Gasteiger charge is 2.16. The third kappa shape index (κ3) is 2.55. The van der Waals surface area contributed by atoms with Crippen LogP contribution in [0, 0.1) is 0 Å². The lowest BCUT2D eigenvalue weighted by Crippen LogP contribution is -1.92. The third-order valence-corrected chi connectivity index (χ3v) is 2.97. The van der Waals surface area contributed by atoms with Gasteiger partial charge in [-0.2, -0.15) is 4.98 Å². The van der Waals surface area contributed by atoms with E-state index in [1.165, 1.54) is 5.56 Å². The van der Waals surface area contributed by atoms with Crippen LogP contribution >= 0.6 is 0 Å². The molecule has 0 unspecified atom stereocenters. The first-order chi connectivity index (χ1) is 8.61. The van der Waals surface area contributed by atoms with E-state index in [1.54, 1.807) is 0 Å². The number of nitrogens with zero attached hydrogens (tertiary/aromatic N) is 1. The Labute approximate surface area is 108 Å². The quantitative estimate of drug-likeness (QED) is 0.884. The first-order valence-electron chi connectivity index (χ1n) is 6.47. The Kier molecular flexibility index (Phi) is 3.70. The summed E-state index contributed by atoms with van der Waals surface area (Å²) in [5, 5.41) is 0. The maximum atomic E-state index is 5.65. The Morgan fingerprint density at radius 3 is 2.44 bits per heavy atom. The van der Waals surface area contributed by atoms with Crippen LogP contribution in [-0.2, 0) is 6.42 Å². The minimum atomic E-state index is 0.242. The second kappa shape index (κ2) is 5.25. The van der Waals surface area contributed by atoms with Crippen molar-refractivity contribution in [1.82, 2.24) is 4.98 Å². The molecular formula is C15H20N2O. The smallest absolute Gasteiger partial charge is 0.292 e. The molecule has 2 N–H and O–H groups in total. The van der Waals surface area contributed by atoms with Crippen LogP contribution in [0.2, 0.25) is 0 Å². The van der Waals surface area contributed by atoms with Gasteiger partial charge in [-0.15, -0.1) is 0 Å². The van der Waals surface area contributed by atoms with Gasteiger partial charge in [0.2, 0.25) is 0 Å². The second-order valence-corrected chi connectivity index (χ2v) is 4.87. The highest BCUT2D eigenvalue weighted by atomic mass is 16.4. The number of anilines is 1. The predicted molar refractivity (Wildman–Crippen MR) is 74.4 cm³/mol. The molecule has 0 fully saturated rings. The molecule has 0 saturated carbocycles. The van der Waals surface area contributed by atoms with Gasteiger partial charge in [0.25, 0.3) is 6.01 Å². The zero-order valence-electron chi connectivity index (χ0n) is 11.2. The Morgan fingerprint density at radius 1 is 1.22 bits per heavy atom. The van der Waals surface area contributed by atoms with E-state index >= 15 is 0 Å². The summed E-state index contributed by atoms with van der Waals surface area (Å²) in [4.78, 5) is 4.26. The van der Waals surface area contributed by atoms with Gasteiger partial charge in [0.05, 0.1) is 5.69 Å². The fourth-order valence-electron chi connectivity index (χ4n) is 2.06. The number of aryl methyl sites for hydroxylation is 1. The van der Waals surface area contributed by atoms with Crippen LogP contribution < -0.4 is 5.73 Å². The van der Waals surface area contributed by atoms with Crippen molar-refractivity contribution >= 4 is 6.01 Å². The lowest BCUT2D eigenvalue weighted by Gasteiger charge is -2.05. The molecule has 0 saturated heterocycles. The number of rotatable bonds is 4. The molecule has 0 aliphatic rings. The summed E-state index contributed by atoms with van der Waals surface area (Å²) < 4.78 is 5.53. The van der Waals surface area contributed by atoms with Gasteiger partial charge in [0.1, 0.15) is 0 Å². The zero-order valence-corrected chi connectivity index (χ0v) is 11.2. The Balaban J connectivity index is 2.36. The van der Waals surface area contributed by atoms with E-state index in [4.69, 9.17) is 10.2 Å². The van der Waals surface area contributed by atoms with Crippen LogP contribution in [0.5, 0.6) is 0 Å². The predicted octanol–water partition coefficient (Wildman–Crippen LogP) is 4.00. The fraction of sp³-hybridized carbons (Fsp3) is 0.400. The standard InChI is InChI=1S/C15H20N2O/c1-4-5-11-6-8-12(9-7-11)14-13(10(2)3)17-15(16)18-14/h6-10H,4-5H2,1-3H3,(H2,16,17). The van der Waals surface area contributed by atoms with Gasteiger partial charge in [-0.3, -0.25) is 0 Å². The Bertz CT molecular complexity index is 512. The van der Waals surface area contributed by atoms with E-state index in [-0.39, 0.29) is 6.01 Å². The maximum absolute atomic E-state index is 5.65. The number of hydrogen-bond acceptors (Lipinski definition) is 3. The van der Waals surface area contributed by atoms with E-state index in [0.717, 1.165) is 29.9 Å². The fourth-order valence-corrected chi connectivity index (χ4v) is 2.06. The van der Waals surface area contributed by atoms with Crippen LogP contribution in [0.25, 0.3) is 11.3 Å². The molecule has 18 heavy (non-hydrogen) atoms. The highest BCUT2D eigenvalue weighted by Crippen LogP contribution is 2.30. The monoisotopic (exact) mass is 244 g/mol. The van der Waals surface area contributed by atoms with Crippen LogP contribution in [0.1, 0.15) is 44.4 Å². The van der Waals surface area contributed by atoms with Crippen molar-refractivity contribution in [3.05, 3.63) is 35.5 Å². The van der Waals surface area contributed by atoms with Crippen molar-refractivity contribution in [2.45, 2.75) is 39.5 Å². The molecule has 0 radical (unpaired) electrons. The molecule has 1 aromatic carbocycles. The van der Waals surface area contributed by atoms with E-state index in [2.05, 4.69) is 50.0 Å². The van der Waals surface area contributed by atoms with Gasteiger partial charge in [-0.05, 0) is 17.9 Å². The SMILES string of the molecule is CCCc1ccc(-c2oc(N)nc2C(C)C)cc1. The number of nitrogen functional groups attached to an aromatic ring is 1. The summed E-state index contributed by atoms with van der Waals surface area (Å²) in [6, 6.07) is 8.68. The van der Waals surface area contributed by atoms with Gasteiger partial charge in [0, 0.05) is 5.56 Å². The van der Waals surface area contributed by atoms with Crippen LogP contribution in [-0.4, -0.2) is 4.98 Å².